The van der Waals surface area contributed by atoms with Crippen molar-refractivity contribution in [2.75, 3.05) is 0 Å². The van der Waals surface area contributed by atoms with Crippen LogP contribution in [0, 0.1) is 0 Å². The normalized spacial score (nSPS) is 11.5. The Bertz CT molecular complexity index is 356. The lowest BCUT2D eigenvalue weighted by molar-refractivity contribution is -0.104. The van der Waals surface area contributed by atoms with Crippen molar-refractivity contribution in [3.63, 3.8) is 0 Å². The van der Waals surface area contributed by atoms with Crippen LogP contribution >= 0.6 is 23.2 Å². The molecule has 1 aromatic carbocycles. The molecule has 3 heteroatoms. The molecule has 0 bridgehead atoms. The van der Waals surface area contributed by atoms with Gasteiger partial charge in [0.1, 0.15) is 6.29 Å². The van der Waals surface area contributed by atoms with E-state index in [9.17, 15) is 4.79 Å². The summed E-state index contributed by atoms with van der Waals surface area (Å²) in [5, 5.41) is 0.972. The average molecular weight is 215 g/mol. The molecule has 0 saturated heterocycles. The smallest absolute Gasteiger partial charge is 0.145 e. The number of hydrogen-bond acceptors (Lipinski definition) is 1. The molecule has 0 N–H and O–H groups in total. The number of carbonyl (C=O) groups excluding carboxylic acids is 1. The number of benzene rings is 1. The van der Waals surface area contributed by atoms with Gasteiger partial charge in [-0.15, -0.1) is 0 Å². The topological polar surface area (TPSA) is 17.1 Å². The summed E-state index contributed by atoms with van der Waals surface area (Å²) in [5.41, 5.74) is 1.38. The van der Waals surface area contributed by atoms with Gasteiger partial charge in [0.15, 0.2) is 0 Å². The zero-order valence-corrected chi connectivity index (χ0v) is 8.56. The van der Waals surface area contributed by atoms with Crippen LogP contribution in [0.4, 0.5) is 0 Å². The standard InChI is InChI=1S/C10H8Cl2O/c1-7(6-13)5-8-3-2-4-9(11)10(8)12/h2-6H,1H3/b7-5-. The summed E-state index contributed by atoms with van der Waals surface area (Å²) in [6, 6.07) is 5.30. The first-order valence-electron chi connectivity index (χ1n) is 3.72. The monoisotopic (exact) mass is 214 g/mol. The summed E-state index contributed by atoms with van der Waals surface area (Å²) >= 11 is 11.7. The van der Waals surface area contributed by atoms with Crippen LogP contribution in [0.3, 0.4) is 0 Å². The molecule has 0 radical (unpaired) electrons. The minimum absolute atomic E-state index is 0.477. The van der Waals surface area contributed by atoms with E-state index in [0.29, 0.717) is 15.6 Å². The van der Waals surface area contributed by atoms with E-state index in [1.54, 1.807) is 31.2 Å². The molecular formula is C10H8Cl2O. The molecule has 0 amide bonds. The molecule has 0 unspecified atom stereocenters. The Morgan fingerprint density at radius 1 is 1.38 bits per heavy atom. The van der Waals surface area contributed by atoms with Crippen molar-refractivity contribution in [2.24, 2.45) is 0 Å². The van der Waals surface area contributed by atoms with E-state index < -0.39 is 0 Å². The van der Waals surface area contributed by atoms with Crippen LogP contribution in [0.2, 0.25) is 10.0 Å². The molecule has 0 fully saturated rings. The van der Waals surface area contributed by atoms with Gasteiger partial charge in [0.25, 0.3) is 0 Å². The molecule has 0 aliphatic rings. The van der Waals surface area contributed by atoms with Crippen molar-refractivity contribution in [1.82, 2.24) is 0 Å². The van der Waals surface area contributed by atoms with Gasteiger partial charge >= 0.3 is 0 Å². The van der Waals surface area contributed by atoms with E-state index in [1.165, 1.54) is 0 Å². The van der Waals surface area contributed by atoms with Gasteiger partial charge in [0.2, 0.25) is 0 Å². The average Bonchev–Trinajstić information content (AvgIpc) is 2.13. The predicted octanol–water partition coefficient (Wildman–Crippen LogP) is 3.60. The number of hydrogen-bond donors (Lipinski definition) is 0. The van der Waals surface area contributed by atoms with Crippen LogP contribution < -0.4 is 0 Å². The number of carbonyl (C=O) groups is 1. The summed E-state index contributed by atoms with van der Waals surface area (Å²) in [7, 11) is 0. The molecule has 0 saturated carbocycles. The van der Waals surface area contributed by atoms with E-state index in [0.717, 1.165) is 11.8 Å². The maximum absolute atomic E-state index is 10.4. The second kappa shape index (κ2) is 4.45. The van der Waals surface area contributed by atoms with Crippen molar-refractivity contribution in [3.8, 4) is 0 Å². The predicted molar refractivity (Wildman–Crippen MR) is 56.2 cm³/mol. The third-order valence-electron chi connectivity index (χ3n) is 1.55. The van der Waals surface area contributed by atoms with Crippen LogP contribution in [0.25, 0.3) is 6.08 Å². The first-order valence-corrected chi connectivity index (χ1v) is 4.48. The summed E-state index contributed by atoms with van der Waals surface area (Å²) in [6.45, 7) is 1.71. The van der Waals surface area contributed by atoms with Crippen LogP contribution in [0.15, 0.2) is 23.8 Å². The van der Waals surface area contributed by atoms with Gasteiger partial charge in [0.05, 0.1) is 10.0 Å². The van der Waals surface area contributed by atoms with Gasteiger partial charge in [0, 0.05) is 0 Å². The SMILES string of the molecule is C/C(C=O)=C/c1cccc(Cl)c1Cl. The molecule has 0 heterocycles. The Labute approximate surface area is 87.0 Å². The highest BCUT2D eigenvalue weighted by Gasteiger charge is 2.01. The maximum atomic E-state index is 10.4. The highest BCUT2D eigenvalue weighted by Crippen LogP contribution is 2.26. The molecule has 0 aromatic heterocycles. The van der Waals surface area contributed by atoms with Gasteiger partial charge in [-0.05, 0) is 30.2 Å². The lowest BCUT2D eigenvalue weighted by Crippen LogP contribution is -1.80. The van der Waals surface area contributed by atoms with Gasteiger partial charge < -0.3 is 0 Å². The van der Waals surface area contributed by atoms with Gasteiger partial charge in [-0.25, -0.2) is 0 Å². The van der Waals surface area contributed by atoms with Gasteiger partial charge in [-0.3, -0.25) is 4.79 Å². The minimum Gasteiger partial charge on any atom is -0.298 e. The van der Waals surface area contributed by atoms with Crippen LogP contribution in [-0.4, -0.2) is 6.29 Å². The number of halogens is 2. The lowest BCUT2D eigenvalue weighted by Gasteiger charge is -2.00. The summed E-state index contributed by atoms with van der Waals surface area (Å²) in [4.78, 5) is 10.4. The summed E-state index contributed by atoms with van der Waals surface area (Å²) in [6.07, 6.45) is 2.47. The van der Waals surface area contributed by atoms with E-state index in [-0.39, 0.29) is 0 Å². The fourth-order valence-electron chi connectivity index (χ4n) is 0.911. The highest BCUT2D eigenvalue weighted by atomic mass is 35.5. The molecule has 13 heavy (non-hydrogen) atoms. The van der Waals surface area contributed by atoms with E-state index in [1.807, 2.05) is 0 Å². The Hall–Kier alpha value is -0.790. The number of rotatable bonds is 2. The van der Waals surface area contributed by atoms with E-state index in [2.05, 4.69) is 0 Å². The van der Waals surface area contributed by atoms with Crippen molar-refractivity contribution >= 4 is 35.6 Å². The summed E-state index contributed by atoms with van der Waals surface area (Å²) < 4.78 is 0. The van der Waals surface area contributed by atoms with Crippen LogP contribution in [-0.2, 0) is 4.79 Å². The fourth-order valence-corrected chi connectivity index (χ4v) is 1.27. The zero-order chi connectivity index (χ0) is 9.84. The third-order valence-corrected chi connectivity index (χ3v) is 2.38. The quantitative estimate of drug-likeness (QED) is 0.544. The second-order valence-electron chi connectivity index (χ2n) is 2.65. The van der Waals surface area contributed by atoms with Crippen molar-refractivity contribution in [2.45, 2.75) is 6.92 Å². The first kappa shape index (κ1) is 10.3. The van der Waals surface area contributed by atoms with Gasteiger partial charge in [-0.2, -0.15) is 0 Å². The largest absolute Gasteiger partial charge is 0.298 e. The molecule has 0 spiro atoms. The van der Waals surface area contributed by atoms with Crippen molar-refractivity contribution in [3.05, 3.63) is 39.4 Å². The molecule has 0 atom stereocenters. The molecule has 0 aliphatic heterocycles. The Morgan fingerprint density at radius 3 is 2.69 bits per heavy atom. The van der Waals surface area contributed by atoms with E-state index in [4.69, 9.17) is 23.2 Å². The number of allylic oxidation sites excluding steroid dienone is 1. The van der Waals surface area contributed by atoms with Crippen LogP contribution in [0.5, 0.6) is 0 Å². The summed E-state index contributed by atoms with van der Waals surface area (Å²) in [5.74, 6) is 0. The highest BCUT2D eigenvalue weighted by molar-refractivity contribution is 6.42. The maximum Gasteiger partial charge on any atom is 0.145 e. The van der Waals surface area contributed by atoms with E-state index >= 15 is 0 Å². The second-order valence-corrected chi connectivity index (χ2v) is 3.43. The Morgan fingerprint density at radius 2 is 2.08 bits per heavy atom. The van der Waals surface area contributed by atoms with Crippen molar-refractivity contribution in [1.29, 1.82) is 0 Å². The van der Waals surface area contributed by atoms with Crippen LogP contribution in [0.1, 0.15) is 12.5 Å². The molecule has 68 valence electrons. The molecular weight excluding hydrogens is 207 g/mol. The molecule has 1 nitrogen and oxygen atoms in total. The molecule has 1 rings (SSSR count). The minimum atomic E-state index is 0.477. The van der Waals surface area contributed by atoms with Crippen molar-refractivity contribution < 1.29 is 4.79 Å². The van der Waals surface area contributed by atoms with Gasteiger partial charge in [-0.1, -0.05) is 35.3 Å². The molecule has 1 aromatic rings. The lowest BCUT2D eigenvalue weighted by atomic mass is 10.1. The first-order chi connectivity index (χ1) is 6.15. The molecule has 0 aliphatic carbocycles. The third kappa shape index (κ3) is 2.58. The fraction of sp³-hybridized carbons (Fsp3) is 0.100. The number of aldehydes is 1. The Balaban J connectivity index is 3.16. The Kier molecular flexibility index (Phi) is 3.52. The zero-order valence-electron chi connectivity index (χ0n) is 7.05.